The molecule has 1 heterocycles. The third-order valence-corrected chi connectivity index (χ3v) is 2.91. The predicted molar refractivity (Wildman–Crippen MR) is 68.0 cm³/mol. The van der Waals surface area contributed by atoms with Crippen LogP contribution >= 0.6 is 0 Å². The molecule has 0 aromatic heterocycles. The Balaban J connectivity index is 2.18. The fourth-order valence-corrected chi connectivity index (χ4v) is 1.94. The van der Waals surface area contributed by atoms with E-state index >= 15 is 0 Å². The minimum Gasteiger partial charge on any atom is -0.493 e. The van der Waals surface area contributed by atoms with Gasteiger partial charge < -0.3 is 18.9 Å². The quantitative estimate of drug-likeness (QED) is 0.825. The monoisotopic (exact) mass is 252 g/mol. The highest BCUT2D eigenvalue weighted by Crippen LogP contribution is 2.33. The van der Waals surface area contributed by atoms with Crippen molar-refractivity contribution in [3.05, 3.63) is 23.8 Å². The van der Waals surface area contributed by atoms with Gasteiger partial charge in [-0.1, -0.05) is 6.07 Å². The fraction of sp³-hybridized carbons (Fsp3) is 0.571. The molecule has 4 heteroatoms. The molecular formula is C14H20O4. The van der Waals surface area contributed by atoms with E-state index in [0.717, 1.165) is 24.3 Å². The molecule has 1 aliphatic rings. The molecule has 1 aromatic carbocycles. The first-order valence-electron chi connectivity index (χ1n) is 6.32. The summed E-state index contributed by atoms with van der Waals surface area (Å²) in [5.74, 6) is 1.45. The van der Waals surface area contributed by atoms with Crippen molar-refractivity contribution in [1.29, 1.82) is 0 Å². The Morgan fingerprint density at radius 3 is 2.83 bits per heavy atom. The molecule has 0 saturated carbocycles. The highest BCUT2D eigenvalue weighted by Gasteiger charge is 2.22. The van der Waals surface area contributed by atoms with Crippen LogP contribution in [0, 0.1) is 0 Å². The molecule has 0 spiro atoms. The second-order valence-corrected chi connectivity index (χ2v) is 4.28. The van der Waals surface area contributed by atoms with Gasteiger partial charge in [-0.3, -0.25) is 0 Å². The summed E-state index contributed by atoms with van der Waals surface area (Å²) in [4.78, 5) is 0. The van der Waals surface area contributed by atoms with E-state index in [1.54, 1.807) is 7.11 Å². The number of hydrogen-bond acceptors (Lipinski definition) is 4. The van der Waals surface area contributed by atoms with E-state index in [4.69, 9.17) is 18.9 Å². The maximum Gasteiger partial charge on any atom is 0.184 e. The SMILES string of the molecule is CCOc1ccc(C2OCCC(C)O2)cc1OC. The Kier molecular flexibility index (Phi) is 4.44. The van der Waals surface area contributed by atoms with Gasteiger partial charge in [-0.05, 0) is 32.4 Å². The number of benzene rings is 1. The van der Waals surface area contributed by atoms with Gasteiger partial charge in [-0.15, -0.1) is 0 Å². The Hall–Kier alpha value is -1.26. The molecule has 0 aliphatic carbocycles. The summed E-state index contributed by atoms with van der Waals surface area (Å²) in [5, 5.41) is 0. The molecule has 2 atom stereocenters. The van der Waals surface area contributed by atoms with Crippen molar-refractivity contribution in [3.8, 4) is 11.5 Å². The maximum atomic E-state index is 5.75. The van der Waals surface area contributed by atoms with Crippen molar-refractivity contribution in [2.24, 2.45) is 0 Å². The first-order chi connectivity index (χ1) is 8.74. The van der Waals surface area contributed by atoms with Crippen LogP contribution in [0.25, 0.3) is 0 Å². The van der Waals surface area contributed by atoms with Crippen LogP contribution < -0.4 is 9.47 Å². The molecule has 2 rings (SSSR count). The predicted octanol–water partition coefficient (Wildman–Crippen LogP) is 2.92. The van der Waals surface area contributed by atoms with E-state index in [0.29, 0.717) is 12.4 Å². The molecule has 100 valence electrons. The third-order valence-electron chi connectivity index (χ3n) is 2.91. The third kappa shape index (κ3) is 2.94. The second-order valence-electron chi connectivity index (χ2n) is 4.28. The van der Waals surface area contributed by atoms with Crippen LogP contribution in [0.2, 0.25) is 0 Å². The van der Waals surface area contributed by atoms with Crippen LogP contribution in [-0.4, -0.2) is 26.4 Å². The van der Waals surface area contributed by atoms with E-state index in [-0.39, 0.29) is 12.4 Å². The van der Waals surface area contributed by atoms with Gasteiger partial charge >= 0.3 is 0 Å². The van der Waals surface area contributed by atoms with Gasteiger partial charge in [-0.25, -0.2) is 0 Å². The van der Waals surface area contributed by atoms with Crippen LogP contribution in [0.3, 0.4) is 0 Å². The molecule has 0 radical (unpaired) electrons. The molecule has 2 unspecified atom stereocenters. The number of hydrogen-bond donors (Lipinski definition) is 0. The van der Waals surface area contributed by atoms with Gasteiger partial charge in [0.15, 0.2) is 17.8 Å². The van der Waals surface area contributed by atoms with E-state index in [1.165, 1.54) is 0 Å². The fourth-order valence-electron chi connectivity index (χ4n) is 1.94. The van der Waals surface area contributed by atoms with Gasteiger partial charge in [0.1, 0.15) is 0 Å². The lowest BCUT2D eigenvalue weighted by Gasteiger charge is -2.28. The van der Waals surface area contributed by atoms with Crippen LogP contribution in [0.5, 0.6) is 11.5 Å². The summed E-state index contributed by atoms with van der Waals surface area (Å²) in [6, 6.07) is 5.76. The molecule has 1 aromatic rings. The van der Waals surface area contributed by atoms with Crippen LogP contribution in [0.15, 0.2) is 18.2 Å². The Morgan fingerprint density at radius 1 is 1.33 bits per heavy atom. The Bertz CT molecular complexity index is 391. The Morgan fingerprint density at radius 2 is 2.17 bits per heavy atom. The van der Waals surface area contributed by atoms with Crippen LogP contribution in [-0.2, 0) is 9.47 Å². The molecule has 0 amide bonds. The standard InChI is InChI=1S/C14H20O4/c1-4-16-12-6-5-11(9-13(12)15-3)14-17-8-7-10(2)18-14/h5-6,9-10,14H,4,7-8H2,1-3H3. The lowest BCUT2D eigenvalue weighted by Crippen LogP contribution is -2.24. The lowest BCUT2D eigenvalue weighted by molar-refractivity contribution is -0.212. The zero-order valence-electron chi connectivity index (χ0n) is 11.1. The first-order valence-corrected chi connectivity index (χ1v) is 6.32. The normalized spacial score (nSPS) is 23.7. The largest absolute Gasteiger partial charge is 0.493 e. The molecule has 4 nitrogen and oxygen atoms in total. The first kappa shape index (κ1) is 13.2. The van der Waals surface area contributed by atoms with Crippen LogP contribution in [0.4, 0.5) is 0 Å². The topological polar surface area (TPSA) is 36.9 Å². The average Bonchev–Trinajstić information content (AvgIpc) is 2.39. The number of rotatable bonds is 4. The van der Waals surface area contributed by atoms with Crippen molar-refractivity contribution in [3.63, 3.8) is 0 Å². The van der Waals surface area contributed by atoms with Crippen LogP contribution in [0.1, 0.15) is 32.1 Å². The van der Waals surface area contributed by atoms with E-state index in [2.05, 4.69) is 6.92 Å². The molecule has 18 heavy (non-hydrogen) atoms. The highest BCUT2D eigenvalue weighted by atomic mass is 16.7. The van der Waals surface area contributed by atoms with Crippen molar-refractivity contribution in [2.45, 2.75) is 32.7 Å². The van der Waals surface area contributed by atoms with Crippen molar-refractivity contribution >= 4 is 0 Å². The molecule has 1 aliphatic heterocycles. The summed E-state index contributed by atoms with van der Waals surface area (Å²) >= 11 is 0. The summed E-state index contributed by atoms with van der Waals surface area (Å²) in [7, 11) is 1.63. The highest BCUT2D eigenvalue weighted by molar-refractivity contribution is 5.43. The van der Waals surface area contributed by atoms with E-state index in [1.807, 2.05) is 25.1 Å². The molecule has 0 bridgehead atoms. The van der Waals surface area contributed by atoms with Gasteiger partial charge in [0.05, 0.1) is 26.4 Å². The zero-order valence-corrected chi connectivity index (χ0v) is 11.1. The summed E-state index contributed by atoms with van der Waals surface area (Å²) in [6.07, 6.45) is 0.852. The summed E-state index contributed by atoms with van der Waals surface area (Å²) in [6.45, 7) is 5.34. The van der Waals surface area contributed by atoms with Gasteiger partial charge in [0.25, 0.3) is 0 Å². The molecule has 1 saturated heterocycles. The lowest BCUT2D eigenvalue weighted by atomic mass is 10.1. The van der Waals surface area contributed by atoms with Crippen molar-refractivity contribution in [1.82, 2.24) is 0 Å². The van der Waals surface area contributed by atoms with Crippen molar-refractivity contribution < 1.29 is 18.9 Å². The molecular weight excluding hydrogens is 232 g/mol. The number of methoxy groups -OCH3 is 1. The summed E-state index contributed by atoms with van der Waals surface area (Å²) < 4.78 is 22.2. The minimum atomic E-state index is -0.307. The zero-order chi connectivity index (χ0) is 13.0. The Labute approximate surface area is 108 Å². The average molecular weight is 252 g/mol. The van der Waals surface area contributed by atoms with E-state index in [9.17, 15) is 0 Å². The maximum absolute atomic E-state index is 5.75. The smallest absolute Gasteiger partial charge is 0.184 e. The van der Waals surface area contributed by atoms with Gasteiger partial charge in [0, 0.05) is 5.56 Å². The minimum absolute atomic E-state index is 0.223. The van der Waals surface area contributed by atoms with E-state index < -0.39 is 0 Å². The molecule has 1 fully saturated rings. The van der Waals surface area contributed by atoms with Gasteiger partial charge in [-0.2, -0.15) is 0 Å². The molecule has 0 N–H and O–H groups in total. The number of ether oxygens (including phenoxy) is 4. The van der Waals surface area contributed by atoms with Crippen molar-refractivity contribution in [2.75, 3.05) is 20.3 Å². The van der Waals surface area contributed by atoms with Gasteiger partial charge in [0.2, 0.25) is 0 Å². The second kappa shape index (κ2) is 6.07. The summed E-state index contributed by atoms with van der Waals surface area (Å²) in [5.41, 5.74) is 0.960.